The second-order valence-corrected chi connectivity index (χ2v) is 13.8. The van der Waals surface area contributed by atoms with Crippen LogP contribution in [-0.4, -0.2) is 29.4 Å². The highest BCUT2D eigenvalue weighted by atomic mass is 16.5. The van der Waals surface area contributed by atoms with E-state index in [-0.39, 0.29) is 31.1 Å². The number of Topliss-reactive ketones (excluding diaryl/α,β-unsaturated/α-hetero) is 1. The Morgan fingerprint density at radius 2 is 1.76 bits per heavy atom. The maximum absolute atomic E-state index is 13.7. The number of ketones is 1. The largest absolute Gasteiger partial charge is 0.481 e. The molecule has 0 radical (unpaired) electrons. The highest BCUT2D eigenvalue weighted by Crippen LogP contribution is 2.67. The minimum absolute atomic E-state index is 0.155. The van der Waals surface area contributed by atoms with Gasteiger partial charge in [-0.2, -0.15) is 0 Å². The van der Waals surface area contributed by atoms with Crippen LogP contribution < -0.4 is 0 Å². The van der Waals surface area contributed by atoms with Crippen molar-refractivity contribution < 1.29 is 24.2 Å². The molecule has 0 bridgehead atoms. The first-order valence-electron chi connectivity index (χ1n) is 15.3. The molecular weight excluding hydrogens is 464 g/mol. The molecular formula is C32H54O5. The van der Waals surface area contributed by atoms with Gasteiger partial charge in [0, 0.05) is 11.8 Å². The molecule has 0 aromatic heterocycles. The lowest BCUT2D eigenvalue weighted by molar-refractivity contribution is -0.162. The van der Waals surface area contributed by atoms with Gasteiger partial charge in [-0.25, -0.2) is 0 Å². The Balaban J connectivity index is 1.85. The zero-order chi connectivity index (χ0) is 27.5. The van der Waals surface area contributed by atoms with Crippen LogP contribution in [0.25, 0.3) is 0 Å². The third kappa shape index (κ3) is 6.11. The van der Waals surface area contributed by atoms with Crippen molar-refractivity contribution in [1.29, 1.82) is 0 Å². The topological polar surface area (TPSA) is 80.7 Å². The minimum atomic E-state index is -0.993. The molecule has 0 saturated heterocycles. The Bertz CT molecular complexity index is 820. The summed E-state index contributed by atoms with van der Waals surface area (Å²) in [5.74, 6) is 1.76. The molecule has 0 amide bonds. The molecule has 212 valence electrons. The number of ether oxygens (including phenoxy) is 1. The number of carbonyl (C=O) groups is 3. The lowest BCUT2D eigenvalue weighted by Crippen LogP contribution is -2.56. The third-order valence-corrected chi connectivity index (χ3v) is 11.2. The standard InChI is InChI=1S/C32H54O5/c1-8-22-17-27(33)32(7,19-23(30(35)36)18-28(34)37-9-2)26-15-16-31(6)24(13-14-25(31)29(22)26)21(5)12-10-11-20(3)4/h20-26,29H,8-19H2,1-7H3,(H,35,36)/t21-,22+,23-,24-,25+,26+,29+,31-,32-/m1/s1. The summed E-state index contributed by atoms with van der Waals surface area (Å²) in [6, 6.07) is 0. The van der Waals surface area contributed by atoms with E-state index in [1.807, 2.05) is 6.92 Å². The van der Waals surface area contributed by atoms with Crippen molar-refractivity contribution in [3.63, 3.8) is 0 Å². The van der Waals surface area contributed by atoms with Crippen LogP contribution in [-0.2, 0) is 19.1 Å². The highest BCUT2D eigenvalue weighted by molar-refractivity contribution is 5.87. The van der Waals surface area contributed by atoms with Crippen LogP contribution in [0.2, 0.25) is 0 Å². The summed E-state index contributed by atoms with van der Waals surface area (Å²) in [5, 5.41) is 9.99. The molecule has 3 aliphatic rings. The van der Waals surface area contributed by atoms with Crippen molar-refractivity contribution in [1.82, 2.24) is 0 Å². The molecule has 5 heteroatoms. The minimum Gasteiger partial charge on any atom is -0.481 e. The SMILES string of the molecule is CCOC(=O)C[C@H](C[C@@]1(C)C(=O)C[C@H](CC)[C@H]2[C@@H]3CC[C@H]([C@H](C)CCCC(C)C)[C@@]3(C)CC[C@@H]21)C(=O)O. The van der Waals surface area contributed by atoms with Gasteiger partial charge in [0.05, 0.1) is 18.9 Å². The molecule has 3 aliphatic carbocycles. The average Bonchev–Trinajstić information content (AvgIpc) is 3.17. The highest BCUT2D eigenvalue weighted by Gasteiger charge is 2.62. The van der Waals surface area contributed by atoms with Crippen molar-refractivity contribution in [3.8, 4) is 0 Å². The van der Waals surface area contributed by atoms with Gasteiger partial charge in [-0.3, -0.25) is 14.4 Å². The zero-order valence-electron chi connectivity index (χ0n) is 24.7. The Morgan fingerprint density at radius 1 is 1.05 bits per heavy atom. The molecule has 0 heterocycles. The van der Waals surface area contributed by atoms with Gasteiger partial charge in [0.1, 0.15) is 5.78 Å². The number of aliphatic carboxylic acids is 1. The van der Waals surface area contributed by atoms with Crippen LogP contribution in [0.4, 0.5) is 0 Å². The number of rotatable bonds is 12. The molecule has 0 aromatic carbocycles. The van der Waals surface area contributed by atoms with E-state index in [9.17, 15) is 19.5 Å². The van der Waals surface area contributed by atoms with Crippen molar-refractivity contribution in [2.45, 2.75) is 119 Å². The number of fused-ring (bicyclic) bond motifs is 3. The second kappa shape index (κ2) is 12.2. The van der Waals surface area contributed by atoms with Gasteiger partial charge in [-0.05, 0) is 85.9 Å². The molecule has 5 nitrogen and oxygen atoms in total. The quantitative estimate of drug-likeness (QED) is 0.270. The van der Waals surface area contributed by atoms with E-state index in [1.165, 1.54) is 32.1 Å². The molecule has 0 aromatic rings. The molecule has 1 N–H and O–H groups in total. The fourth-order valence-electron chi connectivity index (χ4n) is 9.30. The summed E-state index contributed by atoms with van der Waals surface area (Å²) >= 11 is 0. The summed E-state index contributed by atoms with van der Waals surface area (Å²) in [6.07, 6.45) is 10.2. The van der Waals surface area contributed by atoms with Gasteiger partial charge in [0.15, 0.2) is 0 Å². The molecule has 37 heavy (non-hydrogen) atoms. The van der Waals surface area contributed by atoms with E-state index in [0.29, 0.717) is 29.6 Å². The maximum atomic E-state index is 13.7. The number of hydrogen-bond acceptors (Lipinski definition) is 4. The predicted octanol–water partition coefficient (Wildman–Crippen LogP) is 7.56. The van der Waals surface area contributed by atoms with Gasteiger partial charge in [-0.15, -0.1) is 0 Å². The summed E-state index contributed by atoms with van der Waals surface area (Å²) in [7, 11) is 0. The molecule has 3 rings (SSSR count). The second-order valence-electron chi connectivity index (χ2n) is 13.8. The molecule has 0 aliphatic heterocycles. The number of hydrogen-bond donors (Lipinski definition) is 1. The Hall–Kier alpha value is -1.39. The number of esters is 1. The lowest BCUT2D eigenvalue weighted by Gasteiger charge is -2.59. The van der Waals surface area contributed by atoms with Crippen LogP contribution in [0.15, 0.2) is 0 Å². The van der Waals surface area contributed by atoms with E-state index in [0.717, 1.165) is 37.0 Å². The van der Waals surface area contributed by atoms with Crippen molar-refractivity contribution in [3.05, 3.63) is 0 Å². The number of carboxylic acids is 1. The van der Waals surface area contributed by atoms with Crippen LogP contribution in [0.5, 0.6) is 0 Å². The predicted molar refractivity (Wildman–Crippen MR) is 147 cm³/mol. The van der Waals surface area contributed by atoms with Gasteiger partial charge < -0.3 is 9.84 Å². The average molecular weight is 519 g/mol. The van der Waals surface area contributed by atoms with Gasteiger partial charge >= 0.3 is 11.9 Å². The molecule has 0 spiro atoms. The van der Waals surface area contributed by atoms with E-state index in [4.69, 9.17) is 4.74 Å². The van der Waals surface area contributed by atoms with E-state index in [2.05, 4.69) is 34.6 Å². The molecule has 0 unspecified atom stereocenters. The number of carboxylic acid groups (broad SMARTS) is 1. The van der Waals surface area contributed by atoms with Gasteiger partial charge in [0.25, 0.3) is 0 Å². The van der Waals surface area contributed by atoms with Crippen LogP contribution >= 0.6 is 0 Å². The summed E-state index contributed by atoms with van der Waals surface area (Å²) < 4.78 is 5.07. The van der Waals surface area contributed by atoms with Crippen LogP contribution in [0, 0.1) is 58.2 Å². The zero-order valence-corrected chi connectivity index (χ0v) is 24.7. The van der Waals surface area contributed by atoms with Crippen molar-refractivity contribution >= 4 is 17.7 Å². The first kappa shape index (κ1) is 30.2. The molecule has 3 fully saturated rings. The first-order chi connectivity index (χ1) is 17.4. The first-order valence-corrected chi connectivity index (χ1v) is 15.3. The van der Waals surface area contributed by atoms with Gasteiger partial charge in [-0.1, -0.05) is 67.2 Å². The monoisotopic (exact) mass is 518 g/mol. The Morgan fingerprint density at radius 3 is 2.35 bits per heavy atom. The smallest absolute Gasteiger partial charge is 0.307 e. The van der Waals surface area contributed by atoms with Gasteiger partial charge in [0.2, 0.25) is 0 Å². The van der Waals surface area contributed by atoms with Crippen LogP contribution in [0.3, 0.4) is 0 Å². The Kier molecular flexibility index (Phi) is 9.94. The fraction of sp³-hybridized carbons (Fsp3) is 0.906. The third-order valence-electron chi connectivity index (χ3n) is 11.2. The van der Waals surface area contributed by atoms with E-state index in [1.54, 1.807) is 6.92 Å². The lowest BCUT2D eigenvalue weighted by atomic mass is 9.45. The summed E-state index contributed by atoms with van der Waals surface area (Å²) in [6.45, 7) is 15.9. The van der Waals surface area contributed by atoms with E-state index < -0.39 is 23.3 Å². The normalized spacial score (nSPS) is 37.1. The summed E-state index contributed by atoms with van der Waals surface area (Å²) in [5.41, 5.74) is -0.377. The maximum Gasteiger partial charge on any atom is 0.307 e. The number of carbonyl (C=O) groups excluding carboxylic acids is 2. The van der Waals surface area contributed by atoms with Crippen LogP contribution in [0.1, 0.15) is 119 Å². The van der Waals surface area contributed by atoms with E-state index >= 15 is 0 Å². The summed E-state index contributed by atoms with van der Waals surface area (Å²) in [4.78, 5) is 38.1. The molecule has 3 saturated carbocycles. The van der Waals surface area contributed by atoms with Crippen molar-refractivity contribution in [2.24, 2.45) is 58.2 Å². The molecule has 9 atom stereocenters. The Labute approximate surface area is 225 Å². The fourth-order valence-corrected chi connectivity index (χ4v) is 9.30. The van der Waals surface area contributed by atoms with Crippen molar-refractivity contribution in [2.75, 3.05) is 6.61 Å².